The molecule has 2 aromatic heterocycles. The summed E-state index contributed by atoms with van der Waals surface area (Å²) in [5.74, 6) is -1.97. The van der Waals surface area contributed by atoms with Crippen molar-refractivity contribution in [3.8, 4) is 0 Å². The van der Waals surface area contributed by atoms with Crippen molar-refractivity contribution in [2.75, 3.05) is 0 Å². The highest BCUT2D eigenvalue weighted by Gasteiger charge is 2.42. The fourth-order valence-corrected chi connectivity index (χ4v) is 10.3. The fraction of sp³-hybridized carbons (Fsp3) is 0.300. The monoisotopic (exact) mass is 960 g/mol. The van der Waals surface area contributed by atoms with Gasteiger partial charge in [0.1, 0.15) is 12.1 Å². The number of imide groups is 2. The largest absolute Gasteiger partial charge is 0.334 e. The number of halogens is 4. The molecule has 0 saturated carbocycles. The minimum atomic E-state index is -0.660. The van der Waals surface area contributed by atoms with E-state index in [4.69, 9.17) is 46.4 Å². The van der Waals surface area contributed by atoms with Gasteiger partial charge in [-0.15, -0.1) is 22.7 Å². The van der Waals surface area contributed by atoms with E-state index in [2.05, 4.69) is 31.9 Å². The molecule has 2 saturated heterocycles. The third kappa shape index (κ3) is 10.0. The van der Waals surface area contributed by atoms with Crippen molar-refractivity contribution >= 4 is 117 Å². The van der Waals surface area contributed by atoms with E-state index < -0.39 is 29.9 Å². The minimum absolute atomic E-state index is 0.175. The summed E-state index contributed by atoms with van der Waals surface area (Å²) in [6, 6.07) is 10.0. The Morgan fingerprint density at radius 3 is 1.65 bits per heavy atom. The Kier molecular flexibility index (Phi) is 14.0. The molecular formula is C40H36Cl4N8O8S2. The van der Waals surface area contributed by atoms with E-state index in [-0.39, 0.29) is 75.2 Å². The van der Waals surface area contributed by atoms with E-state index in [9.17, 15) is 38.4 Å². The standard InChI is InChI=1S/2C20H18Cl2N4O4S/c21-13-2-1-3-14(22)10(13)6-23-20(30)24-7-16-11-8-26(19(29)12(11)9-31-16)15-4-5-17(27)25-18(15)28;21-13-2-1-3-14(22)12(13)8-24-20(30)23-7-11-6-10-9-26(19(29)17(10)31-11)15-4-5-16(27)25-18(15)28/h1-3,9,15H,4-8H2,(H2,23,24,30)(H,25,27,28);1-3,6,15H,4-5,7-9H2,(H2,23,24,30)(H,25,27,28). The van der Waals surface area contributed by atoms with Crippen LogP contribution in [0, 0.1) is 0 Å². The normalized spacial score (nSPS) is 18.1. The number of nitrogens with one attached hydrogen (secondary N) is 6. The van der Waals surface area contributed by atoms with Crippen molar-refractivity contribution < 1.29 is 38.4 Å². The van der Waals surface area contributed by atoms with E-state index in [1.807, 2.05) is 6.07 Å². The van der Waals surface area contributed by atoms with Crippen molar-refractivity contribution in [3.63, 3.8) is 0 Å². The summed E-state index contributed by atoms with van der Waals surface area (Å²) in [7, 11) is 0. The Morgan fingerprint density at radius 2 is 1.15 bits per heavy atom. The van der Waals surface area contributed by atoms with Gasteiger partial charge in [-0.1, -0.05) is 58.5 Å². The van der Waals surface area contributed by atoms with Crippen molar-refractivity contribution in [3.05, 3.63) is 110 Å². The highest BCUT2D eigenvalue weighted by atomic mass is 35.5. The number of amides is 10. The van der Waals surface area contributed by atoms with Crippen LogP contribution in [0.1, 0.15) is 77.7 Å². The predicted molar refractivity (Wildman–Crippen MR) is 232 cm³/mol. The van der Waals surface area contributed by atoms with Crippen LogP contribution < -0.4 is 31.9 Å². The Hall–Kier alpha value is -5.24. The summed E-state index contributed by atoms with van der Waals surface area (Å²) in [6.07, 6.45) is 1.06. The summed E-state index contributed by atoms with van der Waals surface area (Å²) >= 11 is 27.1. The lowest BCUT2D eigenvalue weighted by atomic mass is 10.0. The molecule has 0 aliphatic carbocycles. The van der Waals surface area contributed by atoms with Gasteiger partial charge in [0.2, 0.25) is 23.6 Å². The number of urea groups is 2. The molecule has 0 bridgehead atoms. The zero-order valence-electron chi connectivity index (χ0n) is 32.3. The quantitative estimate of drug-likeness (QED) is 0.109. The van der Waals surface area contributed by atoms with Crippen LogP contribution in [0.2, 0.25) is 20.1 Å². The van der Waals surface area contributed by atoms with Gasteiger partial charge >= 0.3 is 12.1 Å². The molecule has 2 atom stereocenters. The minimum Gasteiger partial charge on any atom is -0.334 e. The molecule has 2 unspecified atom stereocenters. The average Bonchev–Trinajstić information content (AvgIpc) is 3.98. The number of carbonyl (C=O) groups excluding carboxylic acids is 8. The summed E-state index contributed by atoms with van der Waals surface area (Å²) in [5, 5.41) is 19.1. The van der Waals surface area contributed by atoms with Gasteiger partial charge in [-0.25, -0.2) is 9.59 Å². The van der Waals surface area contributed by atoms with Crippen molar-refractivity contribution in [2.24, 2.45) is 0 Å². The Bertz CT molecular complexity index is 2470. The van der Waals surface area contributed by atoms with Crippen LogP contribution in [0.15, 0.2) is 47.8 Å². The summed E-state index contributed by atoms with van der Waals surface area (Å²) in [4.78, 5) is 102. The summed E-state index contributed by atoms with van der Waals surface area (Å²) < 4.78 is 0. The van der Waals surface area contributed by atoms with Crippen LogP contribution in [0.4, 0.5) is 9.59 Å². The lowest BCUT2D eigenvalue weighted by molar-refractivity contribution is -0.138. The number of piperidine rings is 2. The molecule has 16 nitrogen and oxygen atoms in total. The number of carbonyl (C=O) groups is 8. The van der Waals surface area contributed by atoms with Crippen molar-refractivity contribution in [1.82, 2.24) is 41.7 Å². The van der Waals surface area contributed by atoms with Gasteiger partial charge in [0, 0.05) is 85.4 Å². The van der Waals surface area contributed by atoms with Crippen LogP contribution >= 0.6 is 69.1 Å². The van der Waals surface area contributed by atoms with Gasteiger partial charge < -0.3 is 31.1 Å². The predicted octanol–water partition coefficient (Wildman–Crippen LogP) is 5.63. The molecule has 8 rings (SSSR count). The fourth-order valence-electron chi connectivity index (χ4n) is 7.23. The maximum Gasteiger partial charge on any atom is 0.315 e. The second-order valence-corrected chi connectivity index (χ2v) is 18.1. The smallest absolute Gasteiger partial charge is 0.315 e. The Morgan fingerprint density at radius 1 is 0.661 bits per heavy atom. The van der Waals surface area contributed by atoms with Crippen LogP contribution in [0.3, 0.4) is 0 Å². The number of thiophene rings is 2. The first-order valence-corrected chi connectivity index (χ1v) is 22.3. The average molecular weight is 963 g/mol. The molecule has 0 radical (unpaired) electrons. The topological polar surface area (TPSA) is 215 Å². The van der Waals surface area contributed by atoms with E-state index in [1.165, 1.54) is 32.5 Å². The van der Waals surface area contributed by atoms with Crippen molar-refractivity contribution in [2.45, 2.75) is 77.0 Å². The van der Waals surface area contributed by atoms with Gasteiger partial charge in [-0.3, -0.25) is 39.4 Å². The molecule has 22 heteroatoms. The van der Waals surface area contributed by atoms with Crippen LogP contribution in [0.5, 0.6) is 0 Å². The van der Waals surface area contributed by atoms with E-state index in [0.29, 0.717) is 61.0 Å². The second-order valence-electron chi connectivity index (χ2n) is 14.4. The van der Waals surface area contributed by atoms with Crippen LogP contribution in [-0.4, -0.2) is 69.4 Å². The zero-order chi connectivity index (χ0) is 44.2. The van der Waals surface area contributed by atoms with E-state index >= 15 is 0 Å². The number of hydrogen-bond donors (Lipinski definition) is 6. The van der Waals surface area contributed by atoms with Crippen molar-refractivity contribution in [1.29, 1.82) is 0 Å². The second kappa shape index (κ2) is 19.4. The Labute approximate surface area is 381 Å². The summed E-state index contributed by atoms with van der Waals surface area (Å²) in [5.41, 5.74) is 3.42. The van der Waals surface area contributed by atoms with Gasteiger partial charge in [-0.05, 0) is 54.3 Å². The van der Waals surface area contributed by atoms with Crippen LogP contribution in [0.25, 0.3) is 0 Å². The number of hydrogen-bond acceptors (Lipinski definition) is 10. The highest BCUT2D eigenvalue weighted by molar-refractivity contribution is 7.14. The molecule has 4 aliphatic heterocycles. The van der Waals surface area contributed by atoms with Gasteiger partial charge in [0.05, 0.1) is 23.5 Å². The molecule has 324 valence electrons. The lowest BCUT2D eigenvalue weighted by Crippen LogP contribution is -2.52. The molecule has 62 heavy (non-hydrogen) atoms. The van der Waals surface area contributed by atoms with Gasteiger partial charge in [-0.2, -0.15) is 0 Å². The molecule has 2 aromatic carbocycles. The molecule has 6 heterocycles. The number of rotatable bonds is 10. The SMILES string of the molecule is O=C1CCC(N2Cc3c(csc3CNC(=O)NCc3c(Cl)cccc3Cl)C2=O)C(=O)N1.O=C1CCC(N2Cc3cc(CNC(=O)NCc4c(Cl)cccc4Cl)sc3C2=O)C(=O)N1. The number of benzene rings is 2. The number of nitrogens with zero attached hydrogens (tertiary/aromatic N) is 2. The van der Waals surface area contributed by atoms with Crippen LogP contribution in [-0.2, 0) is 58.4 Å². The zero-order valence-corrected chi connectivity index (χ0v) is 37.0. The molecule has 6 N–H and O–H groups in total. The lowest BCUT2D eigenvalue weighted by Gasteiger charge is -2.29. The molecule has 4 aromatic rings. The van der Waals surface area contributed by atoms with E-state index in [0.717, 1.165) is 20.9 Å². The first-order valence-electron chi connectivity index (χ1n) is 19.1. The summed E-state index contributed by atoms with van der Waals surface area (Å²) in [6.45, 7) is 1.44. The third-order valence-electron chi connectivity index (χ3n) is 10.4. The highest BCUT2D eigenvalue weighted by Crippen LogP contribution is 2.35. The van der Waals surface area contributed by atoms with Gasteiger partial charge in [0.25, 0.3) is 11.8 Å². The molecule has 4 aliphatic rings. The molecule has 2 fully saturated rings. The molecular weight excluding hydrogens is 926 g/mol. The maximum atomic E-state index is 12.7. The number of fused-ring (bicyclic) bond motifs is 2. The Balaban J connectivity index is 0.000000186. The maximum absolute atomic E-state index is 12.7. The van der Waals surface area contributed by atoms with Gasteiger partial charge in [0.15, 0.2) is 0 Å². The molecule has 0 spiro atoms. The van der Waals surface area contributed by atoms with E-state index in [1.54, 1.807) is 41.8 Å². The molecule has 10 amide bonds. The first kappa shape index (κ1) is 44.8. The third-order valence-corrected chi connectivity index (χ3v) is 14.0. The first-order chi connectivity index (χ1) is 29.7.